The number of esters is 2. The topological polar surface area (TPSA) is 164 Å². The molecule has 15 nitrogen and oxygen atoms in total. The van der Waals surface area contributed by atoms with Gasteiger partial charge in [0, 0.05) is 67.6 Å². The fourth-order valence-corrected chi connectivity index (χ4v) is 11.4. The number of hydrogen-bond donors (Lipinski definition) is 1. The van der Waals surface area contributed by atoms with Crippen molar-refractivity contribution in [1.82, 2.24) is 24.6 Å². The first kappa shape index (κ1) is 44.7. The minimum absolute atomic E-state index is 0.00371. The first-order valence-electron chi connectivity index (χ1n) is 23.0. The summed E-state index contributed by atoms with van der Waals surface area (Å²) in [6.45, 7) is 18.7. The number of anilines is 1. The van der Waals surface area contributed by atoms with Gasteiger partial charge in [-0.3, -0.25) is 14.4 Å². The Morgan fingerprint density at radius 2 is 1.71 bits per heavy atom. The van der Waals surface area contributed by atoms with Crippen molar-refractivity contribution in [1.29, 1.82) is 0 Å². The number of carbonyl (C=O) groups is 4. The molecular weight excluding hydrogens is 829 g/mol. The van der Waals surface area contributed by atoms with Crippen LogP contribution in [0.25, 0.3) is 11.8 Å². The predicted octanol–water partition coefficient (Wildman–Crippen LogP) is 6.94. The summed E-state index contributed by atoms with van der Waals surface area (Å²) in [5.74, 6) is -0.701. The normalized spacial score (nSPS) is 28.8. The number of amides is 1. The van der Waals surface area contributed by atoms with E-state index in [-0.39, 0.29) is 42.6 Å². The minimum atomic E-state index is -1.59. The number of rotatable bonds is 12. The monoisotopic (exact) mass is 890 g/mol. The number of benzene rings is 1. The minimum Gasteiger partial charge on any atom is -0.482 e. The van der Waals surface area contributed by atoms with E-state index in [9.17, 15) is 14.4 Å². The van der Waals surface area contributed by atoms with Gasteiger partial charge in [-0.1, -0.05) is 29.4 Å². The number of fused-ring (bicyclic) bond motifs is 4. The van der Waals surface area contributed by atoms with E-state index < -0.39 is 46.3 Å². The number of likely N-dealkylation sites (N-methyl/N-ethyl adjacent to an activating group) is 1. The third-order valence-corrected chi connectivity index (χ3v) is 14.7. The molecule has 4 bridgehead atoms. The number of aromatic nitrogens is 3. The maximum atomic E-state index is 15.5. The van der Waals surface area contributed by atoms with Crippen LogP contribution < -0.4 is 19.5 Å². The fraction of sp³-hybridized carbons (Fsp3) is 0.560. The van der Waals surface area contributed by atoms with Gasteiger partial charge < -0.3 is 38.8 Å². The summed E-state index contributed by atoms with van der Waals surface area (Å²) in [6, 6.07) is -0.607. The molecule has 3 aliphatic carbocycles. The van der Waals surface area contributed by atoms with Crippen LogP contribution in [0.3, 0.4) is 0 Å². The van der Waals surface area contributed by atoms with Crippen molar-refractivity contribution in [2.75, 3.05) is 45.7 Å². The Bertz CT molecular complexity index is 2530. The molecule has 1 amide bonds. The quantitative estimate of drug-likeness (QED) is 0.101. The zero-order valence-electron chi connectivity index (χ0n) is 39.4. The van der Waals surface area contributed by atoms with Gasteiger partial charge in [0.15, 0.2) is 22.7 Å². The number of hydrogen-bond acceptors (Lipinski definition) is 13. The largest absolute Gasteiger partial charge is 0.482 e. The molecule has 6 atom stereocenters. The van der Waals surface area contributed by atoms with Gasteiger partial charge in [0.25, 0.3) is 0 Å². The highest BCUT2D eigenvalue weighted by atomic mass is 16.6. The number of allylic oxidation sites excluding steroid dienone is 4. The number of piperazine rings is 1. The van der Waals surface area contributed by atoms with Crippen molar-refractivity contribution < 1.29 is 42.9 Å². The third kappa shape index (κ3) is 7.06. The molecule has 8 aliphatic rings. The van der Waals surface area contributed by atoms with E-state index in [2.05, 4.69) is 46.3 Å². The van der Waals surface area contributed by atoms with E-state index in [1.807, 2.05) is 53.8 Å². The molecule has 65 heavy (non-hydrogen) atoms. The van der Waals surface area contributed by atoms with Gasteiger partial charge in [-0.15, -0.1) is 0 Å². The van der Waals surface area contributed by atoms with E-state index in [1.165, 1.54) is 19.0 Å². The molecule has 1 aromatic carbocycles. The van der Waals surface area contributed by atoms with Crippen LogP contribution in [0.5, 0.6) is 17.2 Å². The predicted molar refractivity (Wildman–Crippen MR) is 243 cm³/mol. The van der Waals surface area contributed by atoms with Crippen LogP contribution in [0.15, 0.2) is 52.9 Å². The van der Waals surface area contributed by atoms with Crippen LogP contribution in [0.2, 0.25) is 0 Å². The lowest BCUT2D eigenvalue weighted by atomic mass is 9.47. The Morgan fingerprint density at radius 3 is 2.42 bits per heavy atom. The van der Waals surface area contributed by atoms with Gasteiger partial charge in [0.1, 0.15) is 23.4 Å². The van der Waals surface area contributed by atoms with E-state index in [0.29, 0.717) is 72.2 Å². The maximum Gasteiger partial charge on any atom is 0.333 e. The number of nitrogens with one attached hydrogen (secondary N) is 1. The third-order valence-electron chi connectivity index (χ3n) is 14.7. The van der Waals surface area contributed by atoms with E-state index in [4.69, 9.17) is 23.7 Å². The van der Waals surface area contributed by atoms with Gasteiger partial charge in [0.05, 0.1) is 42.0 Å². The number of ketones is 1. The lowest BCUT2D eigenvalue weighted by Crippen LogP contribution is -2.75. The summed E-state index contributed by atoms with van der Waals surface area (Å²) in [6.07, 6.45) is 13.7. The van der Waals surface area contributed by atoms with Gasteiger partial charge >= 0.3 is 11.9 Å². The van der Waals surface area contributed by atoms with Crippen molar-refractivity contribution >= 4 is 41.4 Å². The van der Waals surface area contributed by atoms with Crippen LogP contribution in [0.4, 0.5) is 5.95 Å². The second kappa shape index (κ2) is 16.1. The van der Waals surface area contributed by atoms with Crippen LogP contribution >= 0.6 is 0 Å². The summed E-state index contributed by atoms with van der Waals surface area (Å²) < 4.78 is 35.6. The molecule has 1 spiro atoms. The number of methoxy groups -OCH3 is 1. The van der Waals surface area contributed by atoms with Crippen LogP contribution in [-0.4, -0.2) is 111 Å². The molecule has 1 aromatic heterocycles. The fourth-order valence-electron chi connectivity index (χ4n) is 11.4. The van der Waals surface area contributed by atoms with Gasteiger partial charge in [-0.25, -0.2) is 9.48 Å². The first-order chi connectivity index (χ1) is 30.8. The number of ether oxygens (including phenoxy) is 5. The zero-order chi connectivity index (χ0) is 46.4. The summed E-state index contributed by atoms with van der Waals surface area (Å²) in [5.41, 5.74) is 1.12. The molecule has 3 saturated carbocycles. The molecule has 0 radical (unpaired) electrons. The van der Waals surface area contributed by atoms with Crippen molar-refractivity contribution in [3.63, 3.8) is 0 Å². The Hall–Kier alpha value is -5.54. The summed E-state index contributed by atoms with van der Waals surface area (Å²) in [7, 11) is 3.36. The van der Waals surface area contributed by atoms with E-state index in [0.717, 1.165) is 36.2 Å². The molecule has 1 N–H and O–H groups in total. The van der Waals surface area contributed by atoms with E-state index in [1.54, 1.807) is 22.6 Å². The number of nitrogens with zero attached hydrogens (tertiary/aromatic N) is 5. The number of Topliss-reactive ketones (excluding diaryl/α,β-unsaturated/α-hetero) is 1. The van der Waals surface area contributed by atoms with Crippen LogP contribution in [-0.2, 0) is 35.1 Å². The Balaban J connectivity index is 1.27. The lowest BCUT2D eigenvalue weighted by molar-refractivity contribution is -0.181. The molecule has 5 aliphatic heterocycles. The smallest absolute Gasteiger partial charge is 0.333 e. The van der Waals surface area contributed by atoms with Gasteiger partial charge in [-0.2, -0.15) is 10.1 Å². The Kier molecular flexibility index (Phi) is 11.1. The highest BCUT2D eigenvalue weighted by Gasteiger charge is 2.84. The van der Waals surface area contributed by atoms with Gasteiger partial charge in [0.2, 0.25) is 11.9 Å². The molecule has 6 heterocycles. The molecule has 10 rings (SSSR count). The average Bonchev–Trinajstić information content (AvgIpc) is 3.79. The summed E-state index contributed by atoms with van der Waals surface area (Å²) in [5, 5.41) is 8.29. The molecule has 2 saturated heterocycles. The first-order valence-corrected chi connectivity index (χ1v) is 23.0. The lowest BCUT2D eigenvalue weighted by Gasteiger charge is -2.62. The molecule has 6 unspecified atom stereocenters. The second-order valence-corrected chi connectivity index (χ2v) is 20.1. The standard InChI is InChI=1S/C50H62N6O9/c1-28(2)12-11-19-48(8)20-18-32-41(63-48)31(14-13-29(3)4)43-37(42(32)62-36(58)16-15-35(57)55-24-22-54(9)23-25-55)39-38-40(56-46(53-39)51-27-52-56)33-26-34-47(6,7)65-49(44(33)59,50(34,38)64-43)21-17-30(5)45(60)61-10/h12-13,17-18,20,27,33-34,40H,11,14-16,19,21-26H2,1-10H3,(H,51,52,53)/b30-17-. The maximum absolute atomic E-state index is 15.5. The van der Waals surface area contributed by atoms with Crippen molar-refractivity contribution in [3.8, 4) is 17.2 Å². The highest BCUT2D eigenvalue weighted by Crippen LogP contribution is 2.74. The summed E-state index contributed by atoms with van der Waals surface area (Å²) in [4.78, 5) is 64.7. The van der Waals surface area contributed by atoms with Crippen LogP contribution in [0.1, 0.15) is 117 Å². The van der Waals surface area contributed by atoms with Gasteiger partial charge in [-0.05, 0) is 100 Å². The summed E-state index contributed by atoms with van der Waals surface area (Å²) >= 11 is 0. The van der Waals surface area contributed by atoms with Crippen LogP contribution in [0, 0.1) is 11.8 Å². The van der Waals surface area contributed by atoms with Crippen molar-refractivity contribution in [2.45, 2.75) is 129 Å². The van der Waals surface area contributed by atoms with Crippen molar-refractivity contribution in [2.24, 2.45) is 11.8 Å². The zero-order valence-corrected chi connectivity index (χ0v) is 39.4. The molecule has 5 fully saturated rings. The average molecular weight is 891 g/mol. The van der Waals surface area contributed by atoms with E-state index >= 15 is 4.79 Å². The Labute approximate surface area is 380 Å². The Morgan fingerprint density at radius 1 is 0.969 bits per heavy atom. The van der Waals surface area contributed by atoms with Crippen molar-refractivity contribution in [3.05, 3.63) is 69.6 Å². The number of carbonyl (C=O) groups excluding carboxylic acids is 4. The highest BCUT2D eigenvalue weighted by molar-refractivity contribution is 6.03. The molecule has 2 aromatic rings. The molecule has 346 valence electrons. The second-order valence-electron chi connectivity index (χ2n) is 20.1. The molecular formula is C50H62N6O9. The molecule has 15 heteroatoms. The SMILES string of the molecule is COC(=O)/C(C)=C\CC12OC(C)(C)C3CC(C1=O)C1C4=C(Nc5ncnn51)c1c(OC(=O)CCC(=O)N5CCN(C)CC5)c5c(c(CC=C(C)C)c1OC432)OC(C)(CCC=C(C)C)C=C5.